The Bertz CT molecular complexity index is 795. The molecule has 15 heteroatoms. The van der Waals surface area contributed by atoms with Crippen LogP contribution in [0, 0.1) is 0 Å². The van der Waals surface area contributed by atoms with Crippen LogP contribution < -0.4 is 5.73 Å². The number of carbonyl (C=O) groups is 3. The minimum Gasteiger partial charge on any atom is -0.480 e. The van der Waals surface area contributed by atoms with E-state index in [4.69, 9.17) is 5.73 Å². The van der Waals surface area contributed by atoms with E-state index in [-0.39, 0.29) is 12.8 Å². The van der Waals surface area contributed by atoms with E-state index in [0.29, 0.717) is 4.90 Å². The zero-order valence-electron chi connectivity index (χ0n) is 14.3. The van der Waals surface area contributed by atoms with Crippen molar-refractivity contribution in [2.75, 3.05) is 27.3 Å². The lowest BCUT2D eigenvalue weighted by Crippen LogP contribution is -2.59. The van der Waals surface area contributed by atoms with Crippen molar-refractivity contribution in [2.45, 2.75) is 24.9 Å². The fraction of sp³-hybridized carbons (Fsp3) is 0.750. The van der Waals surface area contributed by atoms with Crippen LogP contribution in [0.2, 0.25) is 0 Å². The van der Waals surface area contributed by atoms with Gasteiger partial charge >= 0.3 is 5.97 Å². The highest BCUT2D eigenvalue weighted by Gasteiger charge is 2.41. The molecule has 1 heterocycles. The first-order valence-corrected chi connectivity index (χ1v) is 13.9. The normalized spacial score (nSPS) is 22.9. The van der Waals surface area contributed by atoms with Crippen LogP contribution in [0.25, 0.3) is 0 Å². The van der Waals surface area contributed by atoms with Gasteiger partial charge in [0.1, 0.15) is 21.3 Å². The lowest BCUT2D eigenvalue weighted by atomic mass is 10.0. The predicted molar refractivity (Wildman–Crippen MR) is 99.2 cm³/mol. The highest BCUT2D eigenvalue weighted by Crippen LogP contribution is 2.16. The van der Waals surface area contributed by atoms with Crippen molar-refractivity contribution in [3.63, 3.8) is 0 Å². The van der Waals surface area contributed by atoms with Gasteiger partial charge in [-0.25, -0.2) is 13.2 Å². The fourth-order valence-electron chi connectivity index (χ4n) is 2.23. The summed E-state index contributed by atoms with van der Waals surface area (Å²) in [6, 6.07) is -2.76. The van der Waals surface area contributed by atoms with Crippen LogP contribution in [0.4, 0.5) is 0 Å². The van der Waals surface area contributed by atoms with Crippen LogP contribution in [0.3, 0.4) is 0 Å². The second-order valence-electron chi connectivity index (χ2n) is 5.87. The lowest BCUT2D eigenvalue weighted by molar-refractivity contribution is -0.160. The molecule has 0 spiro atoms. The van der Waals surface area contributed by atoms with Crippen molar-refractivity contribution in [3.05, 3.63) is 0 Å². The van der Waals surface area contributed by atoms with Crippen LogP contribution >= 0.6 is 0 Å². The van der Waals surface area contributed by atoms with E-state index in [1.54, 1.807) is 0 Å². The van der Waals surface area contributed by atoms with E-state index in [0.717, 1.165) is 6.26 Å². The second-order valence-corrected chi connectivity index (χ2v) is 13.5. The highest BCUT2D eigenvalue weighted by atomic mass is 32.3. The van der Waals surface area contributed by atoms with Gasteiger partial charge in [0.05, 0.1) is 11.8 Å². The van der Waals surface area contributed by atoms with E-state index in [2.05, 4.69) is 0 Å². The monoisotopic (exact) mass is 464 g/mol. The summed E-state index contributed by atoms with van der Waals surface area (Å²) in [6.45, 7) is 0. The number of amides is 2. The van der Waals surface area contributed by atoms with Crippen molar-refractivity contribution >= 4 is 60.0 Å². The number of aliphatic carboxylic acids is 1. The van der Waals surface area contributed by atoms with E-state index in [9.17, 15) is 40.5 Å². The van der Waals surface area contributed by atoms with E-state index < -0.39 is 93.1 Å². The van der Waals surface area contributed by atoms with Crippen molar-refractivity contribution < 1.29 is 40.5 Å². The molecule has 0 aromatic heterocycles. The maximum absolute atomic E-state index is 12.1. The topological polar surface area (TPSA) is 186 Å². The van der Waals surface area contributed by atoms with Gasteiger partial charge in [-0.1, -0.05) is 0 Å². The number of carboxylic acid groups (broad SMARTS) is 1. The number of nitrogens with zero attached hydrogens (tertiary/aromatic N) is 1. The molecule has 0 bridgehead atoms. The Morgan fingerprint density at radius 1 is 1.22 bits per heavy atom. The summed E-state index contributed by atoms with van der Waals surface area (Å²) in [7, 11) is -9.47. The van der Waals surface area contributed by atoms with Crippen LogP contribution in [0.5, 0.6) is 0 Å². The largest absolute Gasteiger partial charge is 0.480 e. The predicted octanol–water partition coefficient (Wildman–Crippen LogP) is -2.92. The standard InChI is InChI=1S/C12H20N2O9S4/c1-27(22,23)7-26(21)6-25(20)5-24(19)4-9(12(17)18)14-10(15)3-2-8(13)11(14)16/h8-9H,2-7,13H2,1H3,(H,17,18). The Morgan fingerprint density at radius 3 is 2.30 bits per heavy atom. The van der Waals surface area contributed by atoms with Gasteiger partial charge in [-0.2, -0.15) is 0 Å². The molecular weight excluding hydrogens is 444 g/mol. The van der Waals surface area contributed by atoms with E-state index in [1.165, 1.54) is 0 Å². The molecule has 0 radical (unpaired) electrons. The molecule has 1 saturated heterocycles. The highest BCUT2D eigenvalue weighted by molar-refractivity contribution is 8.13. The summed E-state index contributed by atoms with van der Waals surface area (Å²) in [6.07, 6.45) is 0.820. The molecule has 27 heavy (non-hydrogen) atoms. The van der Waals surface area contributed by atoms with Gasteiger partial charge in [0.25, 0.3) is 0 Å². The van der Waals surface area contributed by atoms with Gasteiger partial charge in [0, 0.05) is 45.1 Å². The molecule has 1 aliphatic rings. The van der Waals surface area contributed by atoms with Crippen LogP contribution in [0.1, 0.15) is 12.8 Å². The molecule has 0 aromatic carbocycles. The third kappa shape index (κ3) is 7.85. The molecule has 0 aliphatic carbocycles. The number of carboxylic acids is 1. The number of rotatable bonds is 10. The molecule has 5 atom stereocenters. The molecule has 1 aliphatic heterocycles. The summed E-state index contributed by atoms with van der Waals surface area (Å²) in [5.74, 6) is -3.86. The smallest absolute Gasteiger partial charge is 0.327 e. The maximum Gasteiger partial charge on any atom is 0.327 e. The SMILES string of the molecule is CS(=O)(=O)CS(=O)CS(=O)CS(=O)CC(C(=O)O)N1C(=O)CCC(N)C1=O. The quantitative estimate of drug-likeness (QED) is 0.317. The Hall–Kier alpha value is -1.03. The summed E-state index contributed by atoms with van der Waals surface area (Å²) >= 11 is 0. The average Bonchev–Trinajstić information content (AvgIpc) is 2.47. The average molecular weight is 465 g/mol. The number of hydrogen-bond acceptors (Lipinski definition) is 9. The van der Waals surface area contributed by atoms with Crippen molar-refractivity contribution in [2.24, 2.45) is 5.73 Å². The van der Waals surface area contributed by atoms with Gasteiger partial charge in [0.15, 0.2) is 9.84 Å². The van der Waals surface area contributed by atoms with Gasteiger partial charge < -0.3 is 10.8 Å². The molecule has 156 valence electrons. The number of imide groups is 1. The molecule has 0 saturated carbocycles. The van der Waals surface area contributed by atoms with Crippen molar-refractivity contribution in [1.82, 2.24) is 4.90 Å². The zero-order valence-corrected chi connectivity index (χ0v) is 17.5. The van der Waals surface area contributed by atoms with Gasteiger partial charge in [-0.05, 0) is 6.42 Å². The van der Waals surface area contributed by atoms with E-state index in [1.807, 2.05) is 0 Å². The summed E-state index contributed by atoms with van der Waals surface area (Å²) in [4.78, 5) is 35.8. The maximum atomic E-state index is 12.1. The number of sulfone groups is 1. The molecular formula is C12H20N2O9S4. The van der Waals surface area contributed by atoms with Crippen LogP contribution in [0.15, 0.2) is 0 Å². The van der Waals surface area contributed by atoms with E-state index >= 15 is 0 Å². The van der Waals surface area contributed by atoms with Gasteiger partial charge in [0.2, 0.25) is 11.8 Å². The third-order valence-corrected chi connectivity index (χ3v) is 11.0. The molecule has 5 unspecified atom stereocenters. The summed E-state index contributed by atoms with van der Waals surface area (Å²) in [5.41, 5.74) is 5.54. The summed E-state index contributed by atoms with van der Waals surface area (Å²) < 4.78 is 57.7. The lowest BCUT2D eigenvalue weighted by Gasteiger charge is -2.32. The van der Waals surface area contributed by atoms with Crippen molar-refractivity contribution in [3.8, 4) is 0 Å². The molecule has 2 amide bonds. The summed E-state index contributed by atoms with van der Waals surface area (Å²) in [5, 5.41) is 7.49. The molecule has 1 rings (SSSR count). The minimum atomic E-state index is -3.54. The Morgan fingerprint density at radius 2 is 1.78 bits per heavy atom. The molecule has 0 aromatic rings. The van der Waals surface area contributed by atoms with Crippen molar-refractivity contribution in [1.29, 1.82) is 0 Å². The third-order valence-electron chi connectivity index (χ3n) is 3.30. The first-order chi connectivity index (χ1) is 12.3. The Balaban J connectivity index is 2.75. The molecule has 1 fully saturated rings. The Labute approximate surface area is 163 Å². The van der Waals surface area contributed by atoms with Gasteiger partial charge in [-0.3, -0.25) is 27.1 Å². The number of likely N-dealkylation sites (tertiary alicyclic amines) is 1. The zero-order chi connectivity index (χ0) is 20.9. The Kier molecular flexibility index (Phi) is 8.85. The second kappa shape index (κ2) is 9.95. The first kappa shape index (κ1) is 24.0. The number of carbonyl (C=O) groups excluding carboxylic acids is 2. The number of nitrogens with two attached hydrogens (primary N) is 1. The molecule has 3 N–H and O–H groups in total. The first-order valence-electron chi connectivity index (χ1n) is 7.38. The number of piperidine rings is 1. The van der Waals surface area contributed by atoms with Crippen LogP contribution in [-0.4, -0.2) is 88.2 Å². The minimum absolute atomic E-state index is 0.0831. The van der Waals surface area contributed by atoms with Gasteiger partial charge in [-0.15, -0.1) is 0 Å². The van der Waals surface area contributed by atoms with Crippen LogP contribution in [-0.2, 0) is 56.6 Å². The number of hydrogen-bond donors (Lipinski definition) is 2. The fourth-order valence-corrected chi connectivity index (χ4v) is 9.29. The molecule has 11 nitrogen and oxygen atoms in total.